The molecule has 1 fully saturated rings. The van der Waals surface area contributed by atoms with Gasteiger partial charge in [-0.15, -0.1) is 0 Å². The molecule has 1 aliphatic heterocycles. The summed E-state index contributed by atoms with van der Waals surface area (Å²) in [4.78, 5) is 0. The molecular weight excluding hydrogens is 218 g/mol. The predicted molar refractivity (Wildman–Crippen MR) is 68.8 cm³/mol. The minimum atomic E-state index is 0.665. The van der Waals surface area contributed by atoms with E-state index >= 15 is 0 Å². The minimum Gasteiger partial charge on any atom is -0.460 e. The van der Waals surface area contributed by atoms with Gasteiger partial charge in [0.2, 0.25) is 0 Å². The Labute approximate surface area is 99.4 Å². The zero-order valence-electron chi connectivity index (χ0n) is 9.11. The zero-order valence-corrected chi connectivity index (χ0v) is 9.93. The molecule has 0 amide bonds. The molecule has 16 heavy (non-hydrogen) atoms. The van der Waals surface area contributed by atoms with Crippen LogP contribution in [-0.2, 0) is 6.54 Å². The Morgan fingerprint density at radius 2 is 2.31 bits per heavy atom. The van der Waals surface area contributed by atoms with Crippen LogP contribution in [0.3, 0.4) is 0 Å². The van der Waals surface area contributed by atoms with Crippen molar-refractivity contribution < 1.29 is 4.42 Å². The largest absolute Gasteiger partial charge is 0.460 e. The molecule has 0 aliphatic carbocycles. The van der Waals surface area contributed by atoms with Crippen LogP contribution in [0.1, 0.15) is 12.2 Å². The van der Waals surface area contributed by atoms with Crippen LogP contribution in [0.2, 0.25) is 0 Å². The van der Waals surface area contributed by atoms with Crippen LogP contribution in [0, 0.1) is 0 Å². The van der Waals surface area contributed by atoms with Gasteiger partial charge in [-0.25, -0.2) is 0 Å². The number of hydrogen-bond donors (Lipinski definition) is 1. The van der Waals surface area contributed by atoms with Crippen molar-refractivity contribution in [1.29, 1.82) is 0 Å². The van der Waals surface area contributed by atoms with E-state index in [9.17, 15) is 0 Å². The van der Waals surface area contributed by atoms with Crippen molar-refractivity contribution in [2.24, 2.45) is 0 Å². The number of thioether (sulfide) groups is 1. The summed E-state index contributed by atoms with van der Waals surface area (Å²) in [6, 6.07) is 11.0. The lowest BCUT2D eigenvalue weighted by molar-refractivity contribution is 0.478. The van der Waals surface area contributed by atoms with Crippen molar-refractivity contribution in [3.05, 3.63) is 36.1 Å². The molecule has 1 aliphatic rings. The molecular formula is C13H15NOS. The zero-order chi connectivity index (χ0) is 10.8. The van der Waals surface area contributed by atoms with Crippen molar-refractivity contribution >= 4 is 22.7 Å². The fourth-order valence-electron chi connectivity index (χ4n) is 2.06. The lowest BCUT2D eigenvalue weighted by atomic mass is 10.2. The Morgan fingerprint density at radius 1 is 1.38 bits per heavy atom. The third-order valence-electron chi connectivity index (χ3n) is 2.97. The van der Waals surface area contributed by atoms with Crippen LogP contribution in [-0.4, -0.2) is 17.5 Å². The smallest absolute Gasteiger partial charge is 0.134 e. The minimum absolute atomic E-state index is 0.665. The number of furan rings is 1. The Hall–Kier alpha value is -0.930. The molecule has 1 saturated heterocycles. The summed E-state index contributed by atoms with van der Waals surface area (Å²) in [6.07, 6.45) is 1.28. The molecule has 0 saturated carbocycles. The van der Waals surface area contributed by atoms with Gasteiger partial charge in [0.05, 0.1) is 6.54 Å². The molecule has 1 N–H and O–H groups in total. The number of nitrogens with one attached hydrogen (secondary N) is 1. The average molecular weight is 233 g/mol. The SMILES string of the molecule is c1ccc2oc(CNC3CCSC3)cc2c1. The van der Waals surface area contributed by atoms with E-state index in [1.165, 1.54) is 23.3 Å². The Balaban J connectivity index is 1.69. The van der Waals surface area contributed by atoms with Gasteiger partial charge in [0.25, 0.3) is 0 Å². The first-order chi connectivity index (χ1) is 7.92. The molecule has 3 rings (SSSR count). The molecule has 0 radical (unpaired) electrons. The van der Waals surface area contributed by atoms with Crippen molar-refractivity contribution in [1.82, 2.24) is 5.32 Å². The summed E-state index contributed by atoms with van der Waals surface area (Å²) < 4.78 is 5.76. The van der Waals surface area contributed by atoms with Gasteiger partial charge < -0.3 is 9.73 Å². The number of rotatable bonds is 3. The number of fused-ring (bicyclic) bond motifs is 1. The maximum absolute atomic E-state index is 5.76. The Kier molecular flexibility index (Phi) is 2.89. The summed E-state index contributed by atoms with van der Waals surface area (Å²) in [5, 5.41) is 4.74. The van der Waals surface area contributed by atoms with Crippen molar-refractivity contribution in [2.45, 2.75) is 19.0 Å². The quantitative estimate of drug-likeness (QED) is 0.882. The summed E-state index contributed by atoms with van der Waals surface area (Å²) in [5.41, 5.74) is 0.986. The molecule has 1 aromatic heterocycles. The molecule has 2 heterocycles. The highest BCUT2D eigenvalue weighted by molar-refractivity contribution is 7.99. The standard InChI is InChI=1S/C13H15NOS/c1-2-4-13-10(3-1)7-12(15-13)8-14-11-5-6-16-9-11/h1-4,7,11,14H,5-6,8-9H2. The van der Waals surface area contributed by atoms with Crippen molar-refractivity contribution in [2.75, 3.05) is 11.5 Å². The van der Waals surface area contributed by atoms with E-state index in [4.69, 9.17) is 4.42 Å². The number of para-hydroxylation sites is 1. The third-order valence-corrected chi connectivity index (χ3v) is 4.13. The van der Waals surface area contributed by atoms with E-state index in [1.807, 2.05) is 30.0 Å². The fourth-order valence-corrected chi connectivity index (χ4v) is 3.25. The lowest BCUT2D eigenvalue weighted by Crippen LogP contribution is -2.27. The molecule has 2 aromatic rings. The molecule has 3 heteroatoms. The summed E-state index contributed by atoms with van der Waals surface area (Å²) >= 11 is 2.03. The van der Waals surface area contributed by atoms with E-state index in [0.29, 0.717) is 6.04 Å². The van der Waals surface area contributed by atoms with E-state index in [1.54, 1.807) is 0 Å². The van der Waals surface area contributed by atoms with Crippen LogP contribution in [0.5, 0.6) is 0 Å². The molecule has 1 atom stereocenters. The second-order valence-corrected chi connectivity index (χ2v) is 5.34. The monoisotopic (exact) mass is 233 g/mol. The Morgan fingerprint density at radius 3 is 3.12 bits per heavy atom. The predicted octanol–water partition coefficient (Wildman–Crippen LogP) is 3.03. The van der Waals surface area contributed by atoms with Crippen LogP contribution in [0.15, 0.2) is 34.7 Å². The number of benzene rings is 1. The van der Waals surface area contributed by atoms with E-state index in [2.05, 4.69) is 17.4 Å². The van der Waals surface area contributed by atoms with Crippen molar-refractivity contribution in [3.63, 3.8) is 0 Å². The summed E-state index contributed by atoms with van der Waals surface area (Å²) in [5.74, 6) is 3.57. The summed E-state index contributed by atoms with van der Waals surface area (Å²) in [7, 11) is 0. The first-order valence-corrected chi connectivity index (χ1v) is 6.86. The molecule has 0 bridgehead atoms. The van der Waals surface area contributed by atoms with Gasteiger partial charge in [-0.05, 0) is 24.3 Å². The van der Waals surface area contributed by atoms with Gasteiger partial charge in [-0.2, -0.15) is 11.8 Å². The highest BCUT2D eigenvalue weighted by Gasteiger charge is 2.15. The molecule has 1 unspecified atom stereocenters. The Bertz CT molecular complexity index is 440. The van der Waals surface area contributed by atoms with Crippen LogP contribution >= 0.6 is 11.8 Å². The fraction of sp³-hybridized carbons (Fsp3) is 0.385. The maximum atomic E-state index is 5.76. The van der Waals surface area contributed by atoms with E-state index in [0.717, 1.165) is 17.9 Å². The topological polar surface area (TPSA) is 25.2 Å². The van der Waals surface area contributed by atoms with Crippen molar-refractivity contribution in [3.8, 4) is 0 Å². The van der Waals surface area contributed by atoms with E-state index in [-0.39, 0.29) is 0 Å². The first kappa shape index (κ1) is 10.2. The van der Waals surface area contributed by atoms with Crippen LogP contribution in [0.25, 0.3) is 11.0 Å². The second kappa shape index (κ2) is 4.52. The molecule has 1 aromatic carbocycles. The molecule has 2 nitrogen and oxygen atoms in total. The average Bonchev–Trinajstić information content (AvgIpc) is 2.95. The highest BCUT2D eigenvalue weighted by Crippen LogP contribution is 2.20. The normalized spacial score (nSPS) is 20.6. The van der Waals surface area contributed by atoms with Gasteiger partial charge in [0.15, 0.2) is 0 Å². The molecule has 0 spiro atoms. The first-order valence-electron chi connectivity index (χ1n) is 5.70. The van der Waals surface area contributed by atoms with Crippen LogP contribution in [0.4, 0.5) is 0 Å². The lowest BCUT2D eigenvalue weighted by Gasteiger charge is -2.08. The third kappa shape index (κ3) is 2.11. The van der Waals surface area contributed by atoms with Crippen LogP contribution < -0.4 is 5.32 Å². The highest BCUT2D eigenvalue weighted by atomic mass is 32.2. The van der Waals surface area contributed by atoms with Gasteiger partial charge in [-0.3, -0.25) is 0 Å². The number of hydrogen-bond acceptors (Lipinski definition) is 3. The van der Waals surface area contributed by atoms with Gasteiger partial charge in [-0.1, -0.05) is 18.2 Å². The molecule has 84 valence electrons. The van der Waals surface area contributed by atoms with E-state index < -0.39 is 0 Å². The van der Waals surface area contributed by atoms with Gasteiger partial charge in [0.1, 0.15) is 11.3 Å². The summed E-state index contributed by atoms with van der Waals surface area (Å²) in [6.45, 7) is 0.847. The second-order valence-electron chi connectivity index (χ2n) is 4.19. The van der Waals surface area contributed by atoms with Gasteiger partial charge in [0, 0.05) is 17.2 Å². The van der Waals surface area contributed by atoms with Gasteiger partial charge >= 0.3 is 0 Å². The maximum Gasteiger partial charge on any atom is 0.134 e.